The topological polar surface area (TPSA) is 77.2 Å². The maximum Gasteiger partial charge on any atom is 0.248 e. The van der Waals surface area contributed by atoms with Crippen LogP contribution in [0.3, 0.4) is 0 Å². The minimum absolute atomic E-state index is 0.241. The Balaban J connectivity index is 1.42. The molecule has 6 nitrogen and oxygen atoms in total. The summed E-state index contributed by atoms with van der Waals surface area (Å²) in [6.45, 7) is 4.14. The molecule has 1 amide bonds. The summed E-state index contributed by atoms with van der Waals surface area (Å²) in [6, 6.07) is 12.9. The van der Waals surface area contributed by atoms with Crippen molar-refractivity contribution in [2.24, 2.45) is 0 Å². The molecule has 0 bridgehead atoms. The van der Waals surface area contributed by atoms with E-state index in [-0.39, 0.29) is 5.91 Å². The van der Waals surface area contributed by atoms with Crippen LogP contribution in [0.15, 0.2) is 58.3 Å². The highest BCUT2D eigenvalue weighted by atomic mass is 32.1. The molecule has 0 aliphatic rings. The fourth-order valence-electron chi connectivity index (χ4n) is 2.85. The summed E-state index contributed by atoms with van der Waals surface area (Å²) in [5, 5.41) is 5.82. The standard InChI is InChI=1S/C22H19N3O3S/c1-14-23-19-11-17(8-9-21(19)28-14)25-22(26)10-7-16-5-3-4-6-20(16)27-12-18-13-29-15(2)24-18/h3-11,13H,12H2,1-2H3,(H,25,26)/b10-7+. The first kappa shape index (κ1) is 18.9. The molecule has 4 rings (SSSR count). The van der Waals surface area contributed by atoms with E-state index in [4.69, 9.17) is 9.15 Å². The summed E-state index contributed by atoms with van der Waals surface area (Å²) in [5.41, 5.74) is 3.77. The van der Waals surface area contributed by atoms with E-state index in [2.05, 4.69) is 15.3 Å². The number of nitrogens with zero attached hydrogens (tertiary/aromatic N) is 2. The molecule has 2 heterocycles. The molecule has 0 radical (unpaired) electrons. The van der Waals surface area contributed by atoms with Gasteiger partial charge in [-0.2, -0.15) is 0 Å². The molecule has 0 saturated heterocycles. The summed E-state index contributed by atoms with van der Waals surface area (Å²) < 4.78 is 11.3. The monoisotopic (exact) mass is 405 g/mol. The van der Waals surface area contributed by atoms with Gasteiger partial charge < -0.3 is 14.5 Å². The number of hydrogen-bond acceptors (Lipinski definition) is 6. The number of benzene rings is 2. The van der Waals surface area contributed by atoms with Crippen LogP contribution >= 0.6 is 11.3 Å². The summed E-state index contributed by atoms with van der Waals surface area (Å²) in [7, 11) is 0. The summed E-state index contributed by atoms with van der Waals surface area (Å²) >= 11 is 1.59. The van der Waals surface area contributed by atoms with Gasteiger partial charge in [-0.25, -0.2) is 9.97 Å². The Morgan fingerprint density at radius 1 is 1.21 bits per heavy atom. The lowest BCUT2D eigenvalue weighted by Crippen LogP contribution is -2.07. The van der Waals surface area contributed by atoms with Gasteiger partial charge in [0.05, 0.1) is 10.7 Å². The number of nitrogens with one attached hydrogen (secondary N) is 1. The second-order valence-corrected chi connectivity index (χ2v) is 7.48. The maximum atomic E-state index is 12.3. The second kappa shape index (κ2) is 8.28. The number of ether oxygens (including phenoxy) is 1. The van der Waals surface area contributed by atoms with Crippen molar-refractivity contribution in [3.05, 3.63) is 76.1 Å². The molecule has 29 heavy (non-hydrogen) atoms. The molecular formula is C22H19N3O3S. The van der Waals surface area contributed by atoms with Crippen molar-refractivity contribution >= 4 is 40.1 Å². The first-order valence-corrected chi connectivity index (χ1v) is 9.94. The lowest BCUT2D eigenvalue weighted by Gasteiger charge is -2.08. The average Bonchev–Trinajstić information content (AvgIpc) is 3.29. The van der Waals surface area contributed by atoms with Gasteiger partial charge >= 0.3 is 0 Å². The van der Waals surface area contributed by atoms with Gasteiger partial charge in [0.1, 0.15) is 17.9 Å². The second-order valence-electron chi connectivity index (χ2n) is 6.42. The van der Waals surface area contributed by atoms with Gasteiger partial charge in [0.25, 0.3) is 0 Å². The van der Waals surface area contributed by atoms with Crippen molar-refractivity contribution < 1.29 is 13.9 Å². The summed E-state index contributed by atoms with van der Waals surface area (Å²) in [5.74, 6) is 1.05. The third-order valence-corrected chi connectivity index (χ3v) is 4.96. The Bertz CT molecular complexity index is 1190. The van der Waals surface area contributed by atoms with Gasteiger partial charge in [0, 0.05) is 29.6 Å². The van der Waals surface area contributed by atoms with Gasteiger partial charge in [-0.05, 0) is 37.3 Å². The van der Waals surface area contributed by atoms with Crippen LogP contribution in [0.2, 0.25) is 0 Å². The van der Waals surface area contributed by atoms with Crippen molar-refractivity contribution in [3.63, 3.8) is 0 Å². The lowest BCUT2D eigenvalue weighted by molar-refractivity contribution is -0.111. The molecule has 0 fully saturated rings. The number of fused-ring (bicyclic) bond motifs is 1. The van der Waals surface area contributed by atoms with Crippen molar-refractivity contribution in [1.82, 2.24) is 9.97 Å². The number of aryl methyl sites for hydroxylation is 2. The van der Waals surface area contributed by atoms with Crippen LogP contribution in [0, 0.1) is 13.8 Å². The predicted molar refractivity (Wildman–Crippen MR) is 114 cm³/mol. The summed E-state index contributed by atoms with van der Waals surface area (Å²) in [6.07, 6.45) is 3.21. The van der Waals surface area contributed by atoms with Crippen LogP contribution in [-0.4, -0.2) is 15.9 Å². The number of anilines is 1. The van der Waals surface area contributed by atoms with Crippen molar-refractivity contribution in [2.45, 2.75) is 20.5 Å². The summed E-state index contributed by atoms with van der Waals surface area (Å²) in [4.78, 5) is 21.0. The van der Waals surface area contributed by atoms with E-state index in [1.165, 1.54) is 6.08 Å². The maximum absolute atomic E-state index is 12.3. The average molecular weight is 405 g/mol. The number of carbonyl (C=O) groups excluding carboxylic acids is 1. The smallest absolute Gasteiger partial charge is 0.248 e. The molecule has 1 N–H and O–H groups in total. The minimum Gasteiger partial charge on any atom is -0.487 e. The molecule has 146 valence electrons. The number of thiazole rings is 1. The Morgan fingerprint density at radius 2 is 2.07 bits per heavy atom. The normalized spacial score (nSPS) is 11.2. The molecule has 4 aromatic rings. The molecule has 0 spiro atoms. The zero-order valence-electron chi connectivity index (χ0n) is 16.0. The third kappa shape index (κ3) is 4.70. The molecular weight excluding hydrogens is 386 g/mol. The number of amides is 1. The van der Waals surface area contributed by atoms with E-state index in [1.54, 1.807) is 42.5 Å². The Morgan fingerprint density at radius 3 is 2.90 bits per heavy atom. The van der Waals surface area contributed by atoms with Crippen molar-refractivity contribution in [2.75, 3.05) is 5.32 Å². The number of aromatic nitrogens is 2. The molecule has 0 aliphatic heterocycles. The minimum atomic E-state index is -0.241. The fraction of sp³-hybridized carbons (Fsp3) is 0.136. The molecule has 0 saturated carbocycles. The number of hydrogen-bond donors (Lipinski definition) is 1. The van der Waals surface area contributed by atoms with Gasteiger partial charge in [0.15, 0.2) is 11.5 Å². The lowest BCUT2D eigenvalue weighted by atomic mass is 10.2. The van der Waals surface area contributed by atoms with E-state index in [0.717, 1.165) is 16.3 Å². The highest BCUT2D eigenvalue weighted by Crippen LogP contribution is 2.22. The highest BCUT2D eigenvalue weighted by Gasteiger charge is 2.06. The van der Waals surface area contributed by atoms with Gasteiger partial charge in [-0.1, -0.05) is 18.2 Å². The number of carbonyl (C=O) groups is 1. The van der Waals surface area contributed by atoms with E-state index < -0.39 is 0 Å². The zero-order chi connectivity index (χ0) is 20.2. The highest BCUT2D eigenvalue weighted by molar-refractivity contribution is 7.09. The quantitative estimate of drug-likeness (QED) is 0.450. The molecule has 0 aliphatic carbocycles. The van der Waals surface area contributed by atoms with Crippen molar-refractivity contribution in [3.8, 4) is 5.75 Å². The van der Waals surface area contributed by atoms with E-state index >= 15 is 0 Å². The van der Waals surface area contributed by atoms with Crippen LogP contribution in [0.25, 0.3) is 17.2 Å². The zero-order valence-corrected chi connectivity index (χ0v) is 16.8. The van der Waals surface area contributed by atoms with Crippen LogP contribution in [0.1, 0.15) is 22.2 Å². The first-order chi connectivity index (χ1) is 14.1. The SMILES string of the molecule is Cc1nc2cc(NC(=O)/C=C/c3ccccc3OCc3csc(C)n3)ccc2o1. The Hall–Kier alpha value is -3.45. The number of oxazole rings is 1. The van der Waals surface area contributed by atoms with E-state index in [1.807, 2.05) is 36.6 Å². The Kier molecular flexibility index (Phi) is 5.39. The third-order valence-electron chi connectivity index (χ3n) is 4.14. The van der Waals surface area contributed by atoms with Crippen molar-refractivity contribution in [1.29, 1.82) is 0 Å². The van der Waals surface area contributed by atoms with Gasteiger partial charge in [-0.3, -0.25) is 4.79 Å². The first-order valence-electron chi connectivity index (χ1n) is 9.06. The predicted octanol–water partition coefficient (Wildman–Crippen LogP) is 5.13. The number of rotatable bonds is 6. The van der Waals surface area contributed by atoms with E-state index in [0.29, 0.717) is 35.0 Å². The van der Waals surface area contributed by atoms with Gasteiger partial charge in [0.2, 0.25) is 5.91 Å². The molecule has 0 unspecified atom stereocenters. The molecule has 0 atom stereocenters. The molecule has 2 aromatic heterocycles. The Labute approximate surface area is 171 Å². The van der Waals surface area contributed by atoms with Crippen LogP contribution in [-0.2, 0) is 11.4 Å². The number of para-hydroxylation sites is 1. The van der Waals surface area contributed by atoms with E-state index in [9.17, 15) is 4.79 Å². The van der Waals surface area contributed by atoms with Crippen LogP contribution in [0.4, 0.5) is 5.69 Å². The van der Waals surface area contributed by atoms with Crippen LogP contribution < -0.4 is 10.1 Å². The molecule has 7 heteroatoms. The van der Waals surface area contributed by atoms with Crippen LogP contribution in [0.5, 0.6) is 5.75 Å². The largest absolute Gasteiger partial charge is 0.487 e. The molecule has 2 aromatic carbocycles. The van der Waals surface area contributed by atoms with Gasteiger partial charge in [-0.15, -0.1) is 11.3 Å². The fourth-order valence-corrected chi connectivity index (χ4v) is 3.44.